The van der Waals surface area contributed by atoms with E-state index in [2.05, 4.69) is 15.9 Å². The number of ether oxygens (including phenoxy) is 2. The van der Waals surface area contributed by atoms with Crippen molar-refractivity contribution in [2.75, 3.05) is 14.2 Å². The van der Waals surface area contributed by atoms with E-state index in [1.54, 1.807) is 28.1 Å². The zero-order chi connectivity index (χ0) is 14.6. The highest BCUT2D eigenvalue weighted by Gasteiger charge is 2.28. The van der Waals surface area contributed by atoms with Crippen molar-refractivity contribution in [3.8, 4) is 11.5 Å². The van der Waals surface area contributed by atoms with Gasteiger partial charge in [0.05, 0.1) is 18.7 Å². The van der Waals surface area contributed by atoms with Gasteiger partial charge in [-0.15, -0.1) is 11.8 Å². The molecule has 6 heteroatoms. The van der Waals surface area contributed by atoms with E-state index in [-0.39, 0.29) is 0 Å². The molecule has 0 radical (unpaired) electrons. The molecule has 0 aliphatic rings. The summed E-state index contributed by atoms with van der Waals surface area (Å²) in [6.45, 7) is 3.37. The number of carbonyl (C=O) groups is 1. The van der Waals surface area contributed by atoms with Crippen LogP contribution in [0.25, 0.3) is 0 Å². The number of benzene rings is 1. The number of methoxy groups -OCH3 is 2. The lowest BCUT2D eigenvalue weighted by molar-refractivity contribution is -0.138. The molecule has 0 amide bonds. The van der Waals surface area contributed by atoms with Gasteiger partial charge in [0.25, 0.3) is 0 Å². The average molecular weight is 349 g/mol. The van der Waals surface area contributed by atoms with Crippen molar-refractivity contribution >= 4 is 33.7 Å². The maximum atomic E-state index is 11.1. The number of carboxylic acids is 1. The van der Waals surface area contributed by atoms with Crippen LogP contribution in [0.1, 0.15) is 19.4 Å². The fourth-order valence-electron chi connectivity index (χ4n) is 1.36. The molecule has 0 aliphatic heterocycles. The molecular weight excluding hydrogens is 332 g/mol. The second-order valence-corrected chi connectivity index (χ2v) is 6.86. The van der Waals surface area contributed by atoms with Crippen molar-refractivity contribution in [3.05, 3.63) is 22.2 Å². The van der Waals surface area contributed by atoms with Gasteiger partial charge in [0, 0.05) is 11.3 Å². The van der Waals surface area contributed by atoms with Crippen LogP contribution >= 0.6 is 27.7 Å². The van der Waals surface area contributed by atoms with Gasteiger partial charge in [0.1, 0.15) is 16.2 Å². The standard InChI is InChI=1S/C13H17BrO4S/c1-13(2,12(15)16)19-7-8-5-11(18-4)9(14)6-10(8)17-3/h5-6H,7H2,1-4H3,(H,15,16). The minimum absolute atomic E-state index is 0.534. The molecule has 0 aromatic heterocycles. The first kappa shape index (κ1) is 16.2. The molecule has 0 fully saturated rings. The zero-order valence-electron chi connectivity index (χ0n) is 11.3. The van der Waals surface area contributed by atoms with Crippen LogP contribution in [0.15, 0.2) is 16.6 Å². The van der Waals surface area contributed by atoms with Crippen LogP contribution in [0.3, 0.4) is 0 Å². The first-order chi connectivity index (χ1) is 8.81. The van der Waals surface area contributed by atoms with Crippen LogP contribution in [0.5, 0.6) is 11.5 Å². The largest absolute Gasteiger partial charge is 0.496 e. The van der Waals surface area contributed by atoms with Crippen molar-refractivity contribution in [3.63, 3.8) is 0 Å². The van der Waals surface area contributed by atoms with E-state index in [4.69, 9.17) is 14.6 Å². The average Bonchev–Trinajstić information content (AvgIpc) is 2.36. The molecule has 0 spiro atoms. The fourth-order valence-corrected chi connectivity index (χ4v) is 2.71. The summed E-state index contributed by atoms with van der Waals surface area (Å²) in [5, 5.41) is 9.11. The maximum Gasteiger partial charge on any atom is 0.319 e. The molecule has 4 nitrogen and oxygen atoms in total. The molecule has 0 atom stereocenters. The highest BCUT2D eigenvalue weighted by Crippen LogP contribution is 2.37. The Bertz CT molecular complexity index is 474. The highest BCUT2D eigenvalue weighted by molar-refractivity contribution is 9.10. The lowest BCUT2D eigenvalue weighted by atomic mass is 10.2. The minimum atomic E-state index is -0.842. The van der Waals surface area contributed by atoms with E-state index in [0.717, 1.165) is 10.0 Å². The number of aliphatic carboxylic acids is 1. The lowest BCUT2D eigenvalue weighted by Crippen LogP contribution is -2.27. The molecule has 1 aromatic carbocycles. The van der Waals surface area contributed by atoms with E-state index < -0.39 is 10.7 Å². The smallest absolute Gasteiger partial charge is 0.319 e. The molecule has 1 aromatic rings. The van der Waals surface area contributed by atoms with E-state index in [1.165, 1.54) is 11.8 Å². The Hall–Kier alpha value is -0.880. The third kappa shape index (κ3) is 4.04. The van der Waals surface area contributed by atoms with Crippen LogP contribution in [-0.4, -0.2) is 30.0 Å². The Morgan fingerprint density at radius 2 is 1.89 bits per heavy atom. The summed E-state index contributed by atoms with van der Waals surface area (Å²) >= 11 is 4.73. The maximum absolute atomic E-state index is 11.1. The number of thioether (sulfide) groups is 1. The van der Waals surface area contributed by atoms with Crippen molar-refractivity contribution in [2.24, 2.45) is 0 Å². The first-order valence-corrected chi connectivity index (χ1v) is 7.37. The van der Waals surface area contributed by atoms with Crippen LogP contribution < -0.4 is 9.47 Å². The molecule has 0 bridgehead atoms. The molecule has 0 unspecified atom stereocenters. The van der Waals surface area contributed by atoms with Gasteiger partial charge in [-0.05, 0) is 41.9 Å². The Morgan fingerprint density at radius 1 is 1.32 bits per heavy atom. The van der Waals surface area contributed by atoms with E-state index in [0.29, 0.717) is 17.3 Å². The second-order valence-electron chi connectivity index (χ2n) is 4.40. The number of carboxylic acid groups (broad SMARTS) is 1. The number of rotatable bonds is 6. The zero-order valence-corrected chi connectivity index (χ0v) is 13.7. The van der Waals surface area contributed by atoms with Gasteiger partial charge in [-0.2, -0.15) is 0 Å². The summed E-state index contributed by atoms with van der Waals surface area (Å²) in [6.07, 6.45) is 0. The van der Waals surface area contributed by atoms with Gasteiger partial charge >= 0.3 is 5.97 Å². The third-order valence-corrected chi connectivity index (χ3v) is 4.63. The number of halogens is 1. The van der Waals surface area contributed by atoms with Gasteiger partial charge in [0.2, 0.25) is 0 Å². The van der Waals surface area contributed by atoms with Crippen LogP contribution in [0, 0.1) is 0 Å². The highest BCUT2D eigenvalue weighted by atomic mass is 79.9. The normalized spacial score (nSPS) is 11.2. The molecule has 19 heavy (non-hydrogen) atoms. The minimum Gasteiger partial charge on any atom is -0.496 e. The van der Waals surface area contributed by atoms with Crippen molar-refractivity contribution < 1.29 is 19.4 Å². The fraction of sp³-hybridized carbons (Fsp3) is 0.462. The van der Waals surface area contributed by atoms with Gasteiger partial charge in [-0.25, -0.2) is 0 Å². The van der Waals surface area contributed by atoms with E-state index in [9.17, 15) is 4.79 Å². The number of hydrogen-bond acceptors (Lipinski definition) is 4. The van der Waals surface area contributed by atoms with Crippen LogP contribution in [0.4, 0.5) is 0 Å². The Labute approximate surface area is 125 Å². The van der Waals surface area contributed by atoms with Gasteiger partial charge in [-0.3, -0.25) is 4.79 Å². The monoisotopic (exact) mass is 348 g/mol. The second kappa shape index (κ2) is 6.52. The summed E-state index contributed by atoms with van der Waals surface area (Å²) in [5.41, 5.74) is 0.905. The Morgan fingerprint density at radius 3 is 2.37 bits per heavy atom. The first-order valence-electron chi connectivity index (χ1n) is 5.59. The summed E-state index contributed by atoms with van der Waals surface area (Å²) < 4.78 is 10.5. The van der Waals surface area contributed by atoms with Crippen molar-refractivity contribution in [1.29, 1.82) is 0 Å². The SMILES string of the molecule is COc1cc(CSC(C)(C)C(=O)O)c(OC)cc1Br. The molecule has 0 saturated carbocycles. The summed E-state index contributed by atoms with van der Waals surface area (Å²) in [6, 6.07) is 3.68. The molecule has 0 aliphatic carbocycles. The molecule has 0 saturated heterocycles. The molecule has 0 heterocycles. The quantitative estimate of drug-likeness (QED) is 0.851. The van der Waals surface area contributed by atoms with E-state index >= 15 is 0 Å². The number of hydrogen-bond donors (Lipinski definition) is 1. The van der Waals surface area contributed by atoms with Crippen LogP contribution in [0.2, 0.25) is 0 Å². The summed E-state index contributed by atoms with van der Waals surface area (Å²) in [7, 11) is 3.18. The van der Waals surface area contributed by atoms with Gasteiger partial charge < -0.3 is 14.6 Å². The Kier molecular flexibility index (Phi) is 5.55. The molecular formula is C13H17BrO4S. The summed E-state index contributed by atoms with van der Waals surface area (Å²) in [5.74, 6) is 1.11. The predicted molar refractivity (Wildman–Crippen MR) is 80.3 cm³/mol. The topological polar surface area (TPSA) is 55.8 Å². The molecule has 1 N–H and O–H groups in total. The van der Waals surface area contributed by atoms with Gasteiger partial charge in [0.15, 0.2) is 0 Å². The lowest BCUT2D eigenvalue weighted by Gasteiger charge is -2.19. The van der Waals surface area contributed by atoms with E-state index in [1.807, 2.05) is 12.1 Å². The predicted octanol–water partition coefficient (Wildman–Crippen LogP) is 3.56. The van der Waals surface area contributed by atoms with Crippen molar-refractivity contribution in [1.82, 2.24) is 0 Å². The third-order valence-electron chi connectivity index (χ3n) is 2.66. The Balaban J connectivity index is 2.97. The molecule has 1 rings (SSSR count). The van der Waals surface area contributed by atoms with Crippen LogP contribution in [-0.2, 0) is 10.5 Å². The summed E-state index contributed by atoms with van der Waals surface area (Å²) in [4.78, 5) is 11.1. The van der Waals surface area contributed by atoms with Crippen molar-refractivity contribution in [2.45, 2.75) is 24.3 Å². The van der Waals surface area contributed by atoms with Gasteiger partial charge in [-0.1, -0.05) is 0 Å². The molecule has 106 valence electrons.